The van der Waals surface area contributed by atoms with Crippen LogP contribution in [0.15, 0.2) is 29.2 Å². The number of hydrogen-bond donors (Lipinski definition) is 2. The van der Waals surface area contributed by atoms with E-state index in [-0.39, 0.29) is 13.2 Å². The van der Waals surface area contributed by atoms with Gasteiger partial charge in [-0.25, -0.2) is 13.1 Å². The Morgan fingerprint density at radius 1 is 1.10 bits per heavy atom. The molecule has 0 heterocycles. The summed E-state index contributed by atoms with van der Waals surface area (Å²) in [5.41, 5.74) is 1.25. The molecule has 1 aliphatic carbocycles. The highest BCUT2D eigenvalue weighted by Gasteiger charge is 2.17. The van der Waals surface area contributed by atoms with Gasteiger partial charge in [0.2, 0.25) is 10.0 Å². The maximum atomic E-state index is 12.0. The second kappa shape index (κ2) is 7.20. The van der Waals surface area contributed by atoms with Crippen molar-refractivity contribution in [3.05, 3.63) is 29.8 Å². The Kier molecular flexibility index (Phi) is 5.57. The van der Waals surface area contributed by atoms with Gasteiger partial charge in [0, 0.05) is 13.2 Å². The van der Waals surface area contributed by atoms with E-state index in [4.69, 9.17) is 5.11 Å². The van der Waals surface area contributed by atoms with E-state index < -0.39 is 10.0 Å². The fourth-order valence-corrected chi connectivity index (χ4v) is 3.80. The molecular weight excluding hydrogens is 274 g/mol. The van der Waals surface area contributed by atoms with Crippen molar-refractivity contribution in [2.45, 2.75) is 49.3 Å². The molecule has 0 radical (unpaired) electrons. The van der Waals surface area contributed by atoms with Crippen LogP contribution < -0.4 is 4.72 Å². The molecule has 0 spiro atoms. The molecule has 0 bridgehead atoms. The second-order valence-corrected chi connectivity index (χ2v) is 7.15. The first-order chi connectivity index (χ1) is 9.63. The highest BCUT2D eigenvalue weighted by molar-refractivity contribution is 7.89. The molecule has 0 amide bonds. The highest BCUT2D eigenvalue weighted by Crippen LogP contribution is 2.32. The van der Waals surface area contributed by atoms with Gasteiger partial charge >= 0.3 is 0 Å². The van der Waals surface area contributed by atoms with Crippen molar-refractivity contribution in [2.75, 3.05) is 13.2 Å². The first kappa shape index (κ1) is 15.5. The molecule has 0 aromatic heterocycles. The quantitative estimate of drug-likeness (QED) is 0.792. The van der Waals surface area contributed by atoms with Crippen LogP contribution in [0.4, 0.5) is 0 Å². The summed E-state index contributed by atoms with van der Waals surface area (Å²) in [6, 6.07) is 7.25. The lowest BCUT2D eigenvalue weighted by atomic mass is 9.84. The van der Waals surface area contributed by atoms with E-state index in [0.717, 1.165) is 0 Å². The Labute approximate surface area is 121 Å². The molecule has 0 unspecified atom stereocenters. The van der Waals surface area contributed by atoms with Gasteiger partial charge in [-0.1, -0.05) is 31.4 Å². The molecule has 0 saturated heterocycles. The summed E-state index contributed by atoms with van der Waals surface area (Å²) in [6.45, 7) is 0.256. The molecule has 5 heteroatoms. The average molecular weight is 297 g/mol. The van der Waals surface area contributed by atoms with Crippen molar-refractivity contribution in [3.63, 3.8) is 0 Å². The second-order valence-electron chi connectivity index (χ2n) is 5.38. The van der Waals surface area contributed by atoms with Crippen molar-refractivity contribution in [2.24, 2.45) is 0 Å². The lowest BCUT2D eigenvalue weighted by Crippen LogP contribution is -2.25. The van der Waals surface area contributed by atoms with Gasteiger partial charge in [0.1, 0.15) is 0 Å². The van der Waals surface area contributed by atoms with E-state index in [1.807, 2.05) is 12.1 Å². The molecule has 1 saturated carbocycles. The van der Waals surface area contributed by atoms with Gasteiger partial charge in [0.15, 0.2) is 0 Å². The van der Waals surface area contributed by atoms with Crippen LogP contribution in [-0.4, -0.2) is 26.7 Å². The van der Waals surface area contributed by atoms with Crippen LogP contribution >= 0.6 is 0 Å². The number of sulfonamides is 1. The van der Waals surface area contributed by atoms with Crippen LogP contribution in [0.3, 0.4) is 0 Å². The number of nitrogens with one attached hydrogen (secondary N) is 1. The topological polar surface area (TPSA) is 66.4 Å². The summed E-state index contributed by atoms with van der Waals surface area (Å²) in [6.07, 6.45) is 6.71. The van der Waals surface area contributed by atoms with Gasteiger partial charge in [0.25, 0.3) is 0 Å². The predicted octanol–water partition coefficient (Wildman–Crippen LogP) is 2.40. The summed E-state index contributed by atoms with van der Waals surface area (Å²) in [5, 5.41) is 8.68. The summed E-state index contributed by atoms with van der Waals surface area (Å²) in [4.78, 5) is 0.301. The Morgan fingerprint density at radius 3 is 2.35 bits per heavy atom. The molecule has 112 valence electrons. The van der Waals surface area contributed by atoms with Crippen molar-refractivity contribution >= 4 is 10.0 Å². The van der Waals surface area contributed by atoms with E-state index in [1.54, 1.807) is 12.1 Å². The molecular formula is C15H23NO3S. The van der Waals surface area contributed by atoms with Crippen LogP contribution in [0.2, 0.25) is 0 Å². The first-order valence-electron chi connectivity index (χ1n) is 7.34. The molecule has 0 atom stereocenters. The Bertz CT molecular complexity index is 504. The van der Waals surface area contributed by atoms with Crippen molar-refractivity contribution in [3.8, 4) is 0 Å². The molecule has 2 N–H and O–H groups in total. The first-order valence-corrected chi connectivity index (χ1v) is 8.82. The fraction of sp³-hybridized carbons (Fsp3) is 0.600. The molecule has 0 aliphatic heterocycles. The SMILES string of the molecule is O=S(=O)(NCCCO)c1ccc(C2CCCCC2)cc1. The lowest BCUT2D eigenvalue weighted by Gasteiger charge is -2.22. The Balaban J connectivity index is 2.03. The van der Waals surface area contributed by atoms with Gasteiger partial charge in [-0.15, -0.1) is 0 Å². The Morgan fingerprint density at radius 2 is 1.75 bits per heavy atom. The molecule has 1 aromatic carbocycles. The third-order valence-electron chi connectivity index (χ3n) is 3.89. The summed E-state index contributed by atoms with van der Waals surface area (Å²) < 4.78 is 26.5. The van der Waals surface area contributed by atoms with E-state index in [0.29, 0.717) is 17.2 Å². The lowest BCUT2D eigenvalue weighted by molar-refractivity contribution is 0.289. The largest absolute Gasteiger partial charge is 0.396 e. The van der Waals surface area contributed by atoms with Crippen LogP contribution in [0.5, 0.6) is 0 Å². The predicted molar refractivity (Wildman–Crippen MR) is 79.2 cm³/mol. The summed E-state index contributed by atoms with van der Waals surface area (Å²) in [7, 11) is -3.44. The molecule has 4 nitrogen and oxygen atoms in total. The van der Waals surface area contributed by atoms with Gasteiger partial charge < -0.3 is 5.11 Å². The molecule has 20 heavy (non-hydrogen) atoms. The minimum absolute atomic E-state index is 0.0108. The number of rotatable bonds is 6. The van der Waals surface area contributed by atoms with Crippen LogP contribution in [0.1, 0.15) is 50.0 Å². The van der Waals surface area contributed by atoms with Crippen molar-refractivity contribution in [1.29, 1.82) is 0 Å². The molecule has 2 rings (SSSR count). The smallest absolute Gasteiger partial charge is 0.240 e. The number of aliphatic hydroxyl groups is 1. The van der Waals surface area contributed by atoms with E-state index in [1.165, 1.54) is 37.7 Å². The van der Waals surface area contributed by atoms with Gasteiger partial charge in [-0.3, -0.25) is 0 Å². The summed E-state index contributed by atoms with van der Waals surface area (Å²) >= 11 is 0. The monoisotopic (exact) mass is 297 g/mol. The highest BCUT2D eigenvalue weighted by atomic mass is 32.2. The summed E-state index contributed by atoms with van der Waals surface area (Å²) in [5.74, 6) is 0.586. The number of hydrogen-bond acceptors (Lipinski definition) is 3. The van der Waals surface area contributed by atoms with E-state index in [2.05, 4.69) is 4.72 Å². The fourth-order valence-electron chi connectivity index (χ4n) is 2.72. The van der Waals surface area contributed by atoms with E-state index in [9.17, 15) is 8.42 Å². The van der Waals surface area contributed by atoms with E-state index >= 15 is 0 Å². The maximum Gasteiger partial charge on any atom is 0.240 e. The van der Waals surface area contributed by atoms with Crippen LogP contribution in [0.25, 0.3) is 0 Å². The minimum atomic E-state index is -3.44. The Hall–Kier alpha value is -0.910. The zero-order valence-corrected chi connectivity index (χ0v) is 12.5. The van der Waals surface area contributed by atoms with Gasteiger partial charge in [-0.2, -0.15) is 0 Å². The third kappa shape index (κ3) is 4.04. The van der Waals surface area contributed by atoms with Crippen LogP contribution in [-0.2, 0) is 10.0 Å². The van der Waals surface area contributed by atoms with Crippen molar-refractivity contribution in [1.82, 2.24) is 4.72 Å². The maximum absolute atomic E-state index is 12.0. The third-order valence-corrected chi connectivity index (χ3v) is 5.37. The average Bonchev–Trinajstić information content (AvgIpc) is 2.48. The number of aliphatic hydroxyl groups excluding tert-OH is 1. The standard InChI is InChI=1S/C15H23NO3S/c17-12-4-11-16-20(18,19)15-9-7-14(8-10-15)13-5-2-1-3-6-13/h7-10,13,16-17H,1-6,11-12H2. The van der Waals surface area contributed by atoms with Crippen LogP contribution in [0, 0.1) is 0 Å². The molecule has 1 fully saturated rings. The molecule has 1 aromatic rings. The molecule has 1 aliphatic rings. The number of benzene rings is 1. The van der Waals surface area contributed by atoms with Crippen molar-refractivity contribution < 1.29 is 13.5 Å². The zero-order valence-electron chi connectivity index (χ0n) is 11.7. The minimum Gasteiger partial charge on any atom is -0.396 e. The van der Waals surface area contributed by atoms with Gasteiger partial charge in [0.05, 0.1) is 4.90 Å². The zero-order chi connectivity index (χ0) is 14.4. The van der Waals surface area contributed by atoms with Gasteiger partial charge in [-0.05, 0) is 42.9 Å². The normalized spacial score (nSPS) is 17.2.